The lowest BCUT2D eigenvalue weighted by Crippen LogP contribution is -2.44. The van der Waals surface area contributed by atoms with Crippen LogP contribution in [0.5, 0.6) is 0 Å². The number of urea groups is 1. The minimum Gasteiger partial charge on any atom is -0.394 e. The maximum atomic E-state index is 11.8. The first-order valence-electron chi connectivity index (χ1n) is 7.34. The summed E-state index contributed by atoms with van der Waals surface area (Å²) in [4.78, 5) is 12.1. The maximum absolute atomic E-state index is 11.8. The van der Waals surface area contributed by atoms with Gasteiger partial charge in [-0.05, 0) is 31.0 Å². The van der Waals surface area contributed by atoms with Gasteiger partial charge in [0.05, 0.1) is 29.3 Å². The van der Waals surface area contributed by atoms with Crippen LogP contribution in [0.2, 0.25) is 0 Å². The fourth-order valence-corrected chi connectivity index (χ4v) is 2.80. The number of aliphatic hydroxyl groups excluding tert-OH is 1. The number of benzene rings is 1. The minimum atomic E-state index is -3.21. The van der Waals surface area contributed by atoms with E-state index in [1.165, 1.54) is 0 Å². The van der Waals surface area contributed by atoms with Crippen LogP contribution < -0.4 is 10.6 Å². The number of carbonyl (C=O) groups excluding carboxylic acids is 1. The number of hydrogen-bond acceptors (Lipinski definition) is 4. The number of hydrogen-bond donors (Lipinski definition) is 3. The second-order valence-electron chi connectivity index (χ2n) is 5.10. The van der Waals surface area contributed by atoms with Gasteiger partial charge in [0.25, 0.3) is 0 Å². The Bertz CT molecular complexity index is 580. The third kappa shape index (κ3) is 4.99. The first-order chi connectivity index (χ1) is 10.3. The summed E-state index contributed by atoms with van der Waals surface area (Å²) in [5, 5.41) is 14.5. The summed E-state index contributed by atoms with van der Waals surface area (Å²) in [7, 11) is -3.21. The maximum Gasteiger partial charge on any atom is 0.315 e. The minimum absolute atomic E-state index is 0.0577. The van der Waals surface area contributed by atoms with E-state index in [1.54, 1.807) is 31.2 Å². The third-order valence-corrected chi connectivity index (χ3v) is 5.27. The monoisotopic (exact) mass is 328 g/mol. The van der Waals surface area contributed by atoms with Crippen molar-refractivity contribution in [1.29, 1.82) is 0 Å². The van der Waals surface area contributed by atoms with E-state index >= 15 is 0 Å². The van der Waals surface area contributed by atoms with E-state index in [9.17, 15) is 13.2 Å². The lowest BCUT2D eigenvalue weighted by molar-refractivity contribution is 0.212. The Balaban J connectivity index is 2.70. The van der Waals surface area contributed by atoms with Crippen molar-refractivity contribution < 1.29 is 18.3 Å². The molecule has 6 nitrogen and oxygen atoms in total. The van der Waals surface area contributed by atoms with Crippen molar-refractivity contribution in [2.75, 3.05) is 12.4 Å². The smallest absolute Gasteiger partial charge is 0.315 e. The highest BCUT2D eigenvalue weighted by Crippen LogP contribution is 2.17. The van der Waals surface area contributed by atoms with Gasteiger partial charge >= 0.3 is 6.03 Å². The third-order valence-electron chi connectivity index (χ3n) is 3.52. The van der Waals surface area contributed by atoms with Crippen LogP contribution in [0.1, 0.15) is 38.8 Å². The first kappa shape index (κ1) is 18.4. The Morgan fingerprint density at radius 3 is 2.23 bits per heavy atom. The second-order valence-corrected chi connectivity index (χ2v) is 7.38. The molecule has 0 saturated carbocycles. The van der Waals surface area contributed by atoms with Crippen LogP contribution in [0.3, 0.4) is 0 Å². The van der Waals surface area contributed by atoms with Crippen molar-refractivity contribution in [1.82, 2.24) is 10.6 Å². The normalized spacial score (nSPS) is 14.2. The molecule has 7 heteroatoms. The average Bonchev–Trinajstić information content (AvgIpc) is 2.52. The second kappa shape index (κ2) is 8.14. The molecule has 0 bridgehead atoms. The summed E-state index contributed by atoms with van der Waals surface area (Å²) in [5.74, 6) is 0.0577. The Labute approximate surface area is 131 Å². The van der Waals surface area contributed by atoms with Crippen LogP contribution in [0, 0.1) is 0 Å². The first-order valence-corrected chi connectivity index (χ1v) is 8.99. The van der Waals surface area contributed by atoms with Gasteiger partial charge in [-0.2, -0.15) is 0 Å². The van der Waals surface area contributed by atoms with Crippen LogP contribution in [-0.2, 0) is 9.84 Å². The number of carbonyl (C=O) groups is 1. The van der Waals surface area contributed by atoms with Crippen molar-refractivity contribution in [3.05, 3.63) is 29.8 Å². The summed E-state index contributed by atoms with van der Waals surface area (Å²) in [5.41, 5.74) is 0.808. The molecule has 0 heterocycles. The van der Waals surface area contributed by atoms with E-state index in [4.69, 9.17) is 5.11 Å². The molecule has 124 valence electrons. The number of amides is 2. The van der Waals surface area contributed by atoms with Crippen LogP contribution >= 0.6 is 0 Å². The van der Waals surface area contributed by atoms with E-state index in [1.807, 2.05) is 13.8 Å². The zero-order valence-electron chi connectivity index (χ0n) is 13.2. The molecule has 0 unspecified atom stereocenters. The van der Waals surface area contributed by atoms with E-state index in [-0.39, 0.29) is 35.4 Å². The molecule has 0 spiro atoms. The zero-order chi connectivity index (χ0) is 16.8. The highest BCUT2D eigenvalue weighted by atomic mass is 32.2. The van der Waals surface area contributed by atoms with Gasteiger partial charge in [-0.25, -0.2) is 13.2 Å². The molecule has 0 aromatic heterocycles. The Morgan fingerprint density at radius 1 is 1.18 bits per heavy atom. The van der Waals surface area contributed by atoms with Gasteiger partial charge in [-0.15, -0.1) is 0 Å². The van der Waals surface area contributed by atoms with Crippen LogP contribution in [-0.4, -0.2) is 38.0 Å². The van der Waals surface area contributed by atoms with Gasteiger partial charge in [0.2, 0.25) is 0 Å². The molecule has 0 fully saturated rings. The molecule has 2 amide bonds. The van der Waals surface area contributed by atoms with Crippen LogP contribution in [0.15, 0.2) is 29.2 Å². The lowest BCUT2D eigenvalue weighted by atomic mass is 10.1. The van der Waals surface area contributed by atoms with Gasteiger partial charge in [0.1, 0.15) is 0 Å². The Morgan fingerprint density at radius 2 is 1.77 bits per heavy atom. The van der Waals surface area contributed by atoms with Gasteiger partial charge < -0.3 is 15.7 Å². The number of nitrogens with one attached hydrogen (secondary N) is 2. The number of rotatable bonds is 7. The molecule has 1 aromatic carbocycles. The molecular formula is C15H24N2O4S. The molecule has 0 aliphatic rings. The predicted molar refractivity (Wildman–Crippen MR) is 85.4 cm³/mol. The molecule has 3 N–H and O–H groups in total. The standard InChI is InChI=1S/C15H24N2O4S/c1-4-13(10-18)17-15(19)16-11(3)12-6-8-14(9-7-12)22(20,21)5-2/h6-9,11,13,18H,4-5,10H2,1-3H3,(H2,16,17,19)/t11-,13-/m0/s1. The summed E-state index contributed by atoms with van der Waals surface area (Å²) < 4.78 is 23.5. The Hall–Kier alpha value is -1.60. The van der Waals surface area contributed by atoms with Gasteiger partial charge in [-0.3, -0.25) is 0 Å². The van der Waals surface area contributed by atoms with E-state index < -0.39 is 9.84 Å². The van der Waals surface area contributed by atoms with Crippen molar-refractivity contribution in [3.8, 4) is 0 Å². The van der Waals surface area contributed by atoms with E-state index in [0.717, 1.165) is 5.56 Å². The molecule has 1 rings (SSSR count). The van der Waals surface area contributed by atoms with Crippen molar-refractivity contribution >= 4 is 15.9 Å². The van der Waals surface area contributed by atoms with Gasteiger partial charge in [0.15, 0.2) is 9.84 Å². The molecular weight excluding hydrogens is 304 g/mol. The highest BCUT2D eigenvalue weighted by molar-refractivity contribution is 7.91. The molecule has 1 aromatic rings. The molecule has 0 aliphatic heterocycles. The zero-order valence-corrected chi connectivity index (χ0v) is 14.0. The fraction of sp³-hybridized carbons (Fsp3) is 0.533. The quantitative estimate of drug-likeness (QED) is 0.708. The summed E-state index contributed by atoms with van der Waals surface area (Å²) in [6, 6.07) is 5.57. The number of sulfone groups is 1. The van der Waals surface area contributed by atoms with Gasteiger partial charge in [0, 0.05) is 0 Å². The lowest BCUT2D eigenvalue weighted by Gasteiger charge is -2.19. The molecule has 2 atom stereocenters. The van der Waals surface area contributed by atoms with Gasteiger partial charge in [-0.1, -0.05) is 26.0 Å². The molecule has 22 heavy (non-hydrogen) atoms. The topological polar surface area (TPSA) is 95.5 Å². The SMILES string of the molecule is CC[C@@H](CO)NC(=O)N[C@@H](C)c1ccc(S(=O)(=O)CC)cc1. The largest absolute Gasteiger partial charge is 0.394 e. The summed E-state index contributed by atoms with van der Waals surface area (Å²) in [6.45, 7) is 5.17. The predicted octanol–water partition coefficient (Wildman–Crippen LogP) is 1.61. The van der Waals surface area contributed by atoms with E-state index in [2.05, 4.69) is 10.6 Å². The fourth-order valence-electron chi connectivity index (χ4n) is 1.91. The molecule has 0 aliphatic carbocycles. The summed E-state index contributed by atoms with van der Waals surface area (Å²) >= 11 is 0. The van der Waals surface area contributed by atoms with Crippen LogP contribution in [0.25, 0.3) is 0 Å². The van der Waals surface area contributed by atoms with Crippen LogP contribution in [0.4, 0.5) is 4.79 Å². The molecule has 0 saturated heterocycles. The Kier molecular flexibility index (Phi) is 6.83. The van der Waals surface area contributed by atoms with E-state index in [0.29, 0.717) is 6.42 Å². The average molecular weight is 328 g/mol. The van der Waals surface area contributed by atoms with Crippen molar-refractivity contribution in [2.24, 2.45) is 0 Å². The summed E-state index contributed by atoms with van der Waals surface area (Å²) in [6.07, 6.45) is 0.641. The number of aliphatic hydroxyl groups is 1. The molecule has 0 radical (unpaired) electrons. The highest BCUT2D eigenvalue weighted by Gasteiger charge is 2.15. The van der Waals surface area contributed by atoms with Crippen molar-refractivity contribution in [2.45, 2.75) is 44.2 Å². The van der Waals surface area contributed by atoms with Crippen molar-refractivity contribution in [3.63, 3.8) is 0 Å².